The van der Waals surface area contributed by atoms with Crippen molar-refractivity contribution in [2.45, 2.75) is 214 Å². The van der Waals surface area contributed by atoms with Crippen molar-refractivity contribution in [3.8, 4) is 0 Å². The van der Waals surface area contributed by atoms with Gasteiger partial charge in [0.2, 0.25) is 0 Å². The Morgan fingerprint density at radius 3 is 0.458 bits per heavy atom. The Morgan fingerprint density at radius 1 is 0.220 bits per heavy atom. The number of hydrogen-bond acceptors (Lipinski definition) is 0. The van der Waals surface area contributed by atoms with Gasteiger partial charge in [0.05, 0.1) is 0 Å². The predicted octanol–water partition coefficient (Wildman–Crippen LogP) is 18.8. The van der Waals surface area contributed by atoms with Crippen LogP contribution in [0.15, 0.2) is 78.0 Å². The summed E-state index contributed by atoms with van der Waals surface area (Å²) in [4.78, 5) is 0. The van der Waals surface area contributed by atoms with Gasteiger partial charge >= 0.3 is 21.7 Å². The van der Waals surface area contributed by atoms with Gasteiger partial charge in [0.15, 0.2) is 0 Å². The van der Waals surface area contributed by atoms with Crippen LogP contribution < -0.4 is 0 Å². The molecule has 59 heavy (non-hydrogen) atoms. The third kappa shape index (κ3) is 18.9. The maximum absolute atomic E-state index is 3.74. The topological polar surface area (TPSA) is 0 Å². The first-order valence-electron chi connectivity index (χ1n) is 24.1. The molecule has 2 saturated carbocycles. The van der Waals surface area contributed by atoms with Crippen LogP contribution in [-0.2, 0) is 21.7 Å². The van der Waals surface area contributed by atoms with Crippen LogP contribution in [0.3, 0.4) is 0 Å². The van der Waals surface area contributed by atoms with E-state index in [-0.39, 0.29) is 21.7 Å². The van der Waals surface area contributed by atoms with Gasteiger partial charge in [0, 0.05) is 0 Å². The summed E-state index contributed by atoms with van der Waals surface area (Å²) in [7, 11) is 0. The minimum Gasteiger partial charge on any atom is -0.272 e. The van der Waals surface area contributed by atoms with E-state index >= 15 is 0 Å². The van der Waals surface area contributed by atoms with Gasteiger partial charge in [0.1, 0.15) is 0 Å². The van der Waals surface area contributed by atoms with Crippen LogP contribution >= 0.6 is 0 Å². The SMILES string of the molecule is CC[C-]=C(CC)/C(CC)=C(CC)/C(CC)=C(CC)/C(CC)=C(CC)\C(CC)=C(CC)/C(CC)=C(CC)/C(CC)=C(\CC)C(=[C-]CC)CC.[CH]1[CH][CH][CH][CH]1.[CH]1[CH][CH][CH][CH]1.[Ti+2]. The quantitative estimate of drug-likeness (QED) is 0.0546. The summed E-state index contributed by atoms with van der Waals surface area (Å²) in [6.45, 7) is 37.8. The van der Waals surface area contributed by atoms with Crippen LogP contribution in [0.25, 0.3) is 0 Å². The van der Waals surface area contributed by atoms with Crippen molar-refractivity contribution in [3.05, 3.63) is 154 Å². The second kappa shape index (κ2) is 37.2. The Morgan fingerprint density at radius 2 is 0.356 bits per heavy atom. The number of allylic oxidation sites excluding steroid dienone is 16. The van der Waals surface area contributed by atoms with Gasteiger partial charge in [-0.2, -0.15) is 11.1 Å². The third-order valence-electron chi connectivity index (χ3n) is 11.6. The zero-order chi connectivity index (χ0) is 43.9. The van der Waals surface area contributed by atoms with Crippen molar-refractivity contribution in [1.29, 1.82) is 0 Å². The largest absolute Gasteiger partial charge is 2.00 e. The fourth-order valence-corrected chi connectivity index (χ4v) is 9.27. The molecule has 0 unspecified atom stereocenters. The van der Waals surface area contributed by atoms with E-state index in [1.54, 1.807) is 66.9 Å². The third-order valence-corrected chi connectivity index (χ3v) is 11.6. The average molecular weight is 835 g/mol. The summed E-state index contributed by atoms with van der Waals surface area (Å²) in [5, 5.41) is 0. The minimum atomic E-state index is 0. The van der Waals surface area contributed by atoms with Gasteiger partial charge in [-0.05, 0) is 162 Å². The van der Waals surface area contributed by atoms with Gasteiger partial charge in [-0.3, -0.25) is 12.2 Å². The molecule has 0 N–H and O–H groups in total. The van der Waals surface area contributed by atoms with E-state index in [1.807, 2.05) is 64.2 Å². The molecule has 0 saturated heterocycles. The van der Waals surface area contributed by atoms with Crippen LogP contribution in [0.4, 0.5) is 0 Å². The van der Waals surface area contributed by atoms with Crippen molar-refractivity contribution >= 4 is 0 Å². The summed E-state index contributed by atoms with van der Waals surface area (Å²) >= 11 is 0. The van der Waals surface area contributed by atoms with E-state index in [2.05, 4.69) is 123 Å². The van der Waals surface area contributed by atoms with Crippen molar-refractivity contribution in [1.82, 2.24) is 0 Å². The fraction of sp³-hybridized carbons (Fsp3) is 0.552. The first-order chi connectivity index (χ1) is 28.2. The van der Waals surface area contributed by atoms with Gasteiger partial charge in [-0.25, -0.2) is 11.1 Å². The molecule has 2 rings (SSSR count). The molecule has 2 aliphatic rings. The standard InChI is InChI=1S/C48H80.2C5H5.Ti/c1-17-33-35(19-3)37(21-5)39(23-7)41(25-9)43(27-11)45(29-13)47(31-15)48(32-16)46(30-14)44(28-12)42(26-10)40(24-8)38(22-6)36(20-4)34-18-2;2*1-2-4-5-3-1;/h17-32H2,1-16H3;2*1-5H;/q-2;;;+2/b39-37+,40-38+,43-41+,44-42+,47-45-,48-46-;;;. The maximum atomic E-state index is 3.74. The molecule has 0 aromatic rings. The van der Waals surface area contributed by atoms with Crippen LogP contribution in [0.2, 0.25) is 0 Å². The van der Waals surface area contributed by atoms with Gasteiger partial charge in [-0.1, -0.05) is 148 Å². The monoisotopic (exact) mass is 835 g/mol. The fourth-order valence-electron chi connectivity index (χ4n) is 9.27. The second-order valence-corrected chi connectivity index (χ2v) is 14.6. The van der Waals surface area contributed by atoms with E-state index < -0.39 is 0 Å². The van der Waals surface area contributed by atoms with E-state index in [0.29, 0.717) is 0 Å². The van der Waals surface area contributed by atoms with Crippen molar-refractivity contribution < 1.29 is 21.7 Å². The molecular weight excluding hydrogens is 745 g/mol. The molecule has 0 aliphatic heterocycles. The molecule has 0 spiro atoms. The molecule has 0 atom stereocenters. The van der Waals surface area contributed by atoms with Crippen LogP contribution in [0, 0.1) is 76.4 Å². The van der Waals surface area contributed by atoms with Gasteiger partial charge in [0.25, 0.3) is 0 Å². The molecule has 326 valence electrons. The zero-order valence-corrected chi connectivity index (χ0v) is 43.1. The Bertz CT molecular complexity index is 1280. The Labute approximate surface area is 387 Å². The molecule has 0 nitrogen and oxygen atoms in total. The summed E-state index contributed by atoms with van der Waals surface area (Å²) in [5.74, 6) is 0. The van der Waals surface area contributed by atoms with E-state index in [4.69, 9.17) is 0 Å². The summed E-state index contributed by atoms with van der Waals surface area (Å²) < 4.78 is 0. The molecule has 10 radical (unpaired) electrons. The van der Waals surface area contributed by atoms with Crippen LogP contribution in [-0.4, -0.2) is 0 Å². The smallest absolute Gasteiger partial charge is 0.272 e. The summed E-state index contributed by atoms with van der Waals surface area (Å²) in [6.07, 6.45) is 44.5. The normalized spacial score (nSPS) is 17.2. The average Bonchev–Trinajstić information content (AvgIpc) is 4.05. The van der Waals surface area contributed by atoms with Crippen molar-refractivity contribution in [3.63, 3.8) is 0 Å². The second-order valence-electron chi connectivity index (χ2n) is 14.6. The summed E-state index contributed by atoms with van der Waals surface area (Å²) in [6, 6.07) is 0. The maximum Gasteiger partial charge on any atom is 2.00 e. The molecule has 0 aromatic carbocycles. The first-order valence-corrected chi connectivity index (χ1v) is 24.1. The first kappa shape index (κ1) is 59.7. The van der Waals surface area contributed by atoms with E-state index in [1.165, 1.54) is 11.1 Å². The van der Waals surface area contributed by atoms with Crippen LogP contribution in [0.1, 0.15) is 214 Å². The molecule has 0 bridgehead atoms. The molecule has 0 aromatic heterocycles. The minimum absolute atomic E-state index is 0. The molecule has 0 heterocycles. The molecule has 2 fully saturated rings. The Balaban J connectivity index is 0. The molecule has 0 amide bonds. The van der Waals surface area contributed by atoms with Gasteiger partial charge < -0.3 is 0 Å². The molecular formula is C58H90Ti. The van der Waals surface area contributed by atoms with Crippen LogP contribution in [0.5, 0.6) is 0 Å². The molecule has 1 heteroatoms. The van der Waals surface area contributed by atoms with Crippen molar-refractivity contribution in [2.24, 2.45) is 0 Å². The Kier molecular flexibility index (Phi) is 37.7. The number of rotatable bonds is 23. The van der Waals surface area contributed by atoms with Gasteiger partial charge in [-0.15, -0.1) is 24.0 Å². The van der Waals surface area contributed by atoms with Crippen molar-refractivity contribution in [2.75, 3.05) is 0 Å². The Hall–Kier alpha value is -1.37. The number of hydrogen-bond donors (Lipinski definition) is 0. The van der Waals surface area contributed by atoms with E-state index in [0.717, 1.165) is 103 Å². The summed E-state index contributed by atoms with van der Waals surface area (Å²) in [5.41, 5.74) is 22.0. The molecule has 2 aliphatic carbocycles. The van der Waals surface area contributed by atoms with E-state index in [9.17, 15) is 0 Å². The zero-order valence-electron chi connectivity index (χ0n) is 41.6. The predicted molar refractivity (Wildman–Crippen MR) is 263 cm³/mol.